The molecule has 6 nitrogen and oxygen atoms in total. The normalized spacial score (nSPS) is 18.0. The van der Waals surface area contributed by atoms with Crippen LogP contribution in [0.5, 0.6) is 5.75 Å². The number of carbonyl (C=O) groups is 2. The molecule has 154 valence electrons. The van der Waals surface area contributed by atoms with Gasteiger partial charge in [0.2, 0.25) is 0 Å². The Kier molecular flexibility index (Phi) is 6.60. The summed E-state index contributed by atoms with van der Waals surface area (Å²) < 4.78 is 11.2. The first-order valence-electron chi connectivity index (χ1n) is 10.3. The van der Waals surface area contributed by atoms with Gasteiger partial charge in [-0.25, -0.2) is 4.79 Å². The van der Waals surface area contributed by atoms with E-state index in [0.717, 1.165) is 50.2 Å². The Morgan fingerprint density at radius 2 is 1.68 bits per heavy atom. The van der Waals surface area contributed by atoms with Crippen LogP contribution in [0.1, 0.15) is 50.4 Å². The molecule has 1 aromatic carbocycles. The van der Waals surface area contributed by atoms with E-state index in [1.807, 2.05) is 45.0 Å². The zero-order valence-electron chi connectivity index (χ0n) is 17.3. The standard InChI is InChI=1S/C22H32N2O4/c1-22(2,3)28-21(26)24-14-12-23(13-15-24)11-4-16-27-19-9-7-18(8-10-19)20(25)17-5-6-17/h7-10,17H,4-6,11-16H2,1-3H3. The van der Waals surface area contributed by atoms with Gasteiger partial charge in [-0.15, -0.1) is 0 Å². The molecule has 28 heavy (non-hydrogen) atoms. The number of nitrogens with zero attached hydrogens (tertiary/aromatic N) is 2. The highest BCUT2D eigenvalue weighted by atomic mass is 16.6. The third-order valence-electron chi connectivity index (χ3n) is 5.00. The van der Waals surface area contributed by atoms with Gasteiger partial charge in [0.25, 0.3) is 0 Å². The van der Waals surface area contributed by atoms with E-state index < -0.39 is 5.60 Å². The Morgan fingerprint density at radius 3 is 2.25 bits per heavy atom. The SMILES string of the molecule is CC(C)(C)OC(=O)N1CCN(CCCOc2ccc(C(=O)C3CC3)cc2)CC1. The average molecular weight is 389 g/mol. The molecular formula is C22H32N2O4. The number of Topliss-reactive ketones (excluding diaryl/α,β-unsaturated/α-hetero) is 1. The molecular weight excluding hydrogens is 356 g/mol. The van der Waals surface area contributed by atoms with Gasteiger partial charge in [-0.05, 0) is 64.3 Å². The maximum Gasteiger partial charge on any atom is 0.410 e. The second kappa shape index (κ2) is 8.95. The Hall–Kier alpha value is -2.08. The van der Waals surface area contributed by atoms with Crippen LogP contribution in [0.2, 0.25) is 0 Å². The maximum atomic E-state index is 12.1. The van der Waals surface area contributed by atoms with E-state index in [4.69, 9.17) is 9.47 Å². The van der Waals surface area contributed by atoms with Gasteiger partial charge in [0, 0.05) is 44.2 Å². The minimum atomic E-state index is -0.449. The van der Waals surface area contributed by atoms with Gasteiger partial charge in [-0.1, -0.05) is 0 Å². The number of piperazine rings is 1. The van der Waals surface area contributed by atoms with Crippen molar-refractivity contribution >= 4 is 11.9 Å². The van der Waals surface area contributed by atoms with E-state index in [1.54, 1.807) is 4.90 Å². The monoisotopic (exact) mass is 388 g/mol. The molecule has 1 saturated carbocycles. The highest BCUT2D eigenvalue weighted by Gasteiger charge is 2.30. The number of hydrogen-bond acceptors (Lipinski definition) is 5. The van der Waals surface area contributed by atoms with E-state index in [9.17, 15) is 9.59 Å². The van der Waals surface area contributed by atoms with Crippen molar-refractivity contribution in [2.45, 2.75) is 45.6 Å². The molecule has 3 rings (SSSR count). The molecule has 1 heterocycles. The molecule has 0 radical (unpaired) electrons. The van der Waals surface area contributed by atoms with Crippen molar-refractivity contribution in [2.24, 2.45) is 5.92 Å². The van der Waals surface area contributed by atoms with Gasteiger partial charge in [0.15, 0.2) is 5.78 Å². The lowest BCUT2D eigenvalue weighted by Crippen LogP contribution is -2.50. The van der Waals surface area contributed by atoms with E-state index in [2.05, 4.69) is 4.90 Å². The lowest BCUT2D eigenvalue weighted by Gasteiger charge is -2.35. The molecule has 0 unspecified atom stereocenters. The summed E-state index contributed by atoms with van der Waals surface area (Å²) in [6.07, 6.45) is 2.76. The van der Waals surface area contributed by atoms with Crippen LogP contribution in [0.4, 0.5) is 4.79 Å². The number of ketones is 1. The number of carbonyl (C=O) groups excluding carboxylic acids is 2. The minimum Gasteiger partial charge on any atom is -0.494 e. The van der Waals surface area contributed by atoms with Crippen LogP contribution in [-0.4, -0.2) is 66.6 Å². The minimum absolute atomic E-state index is 0.223. The van der Waals surface area contributed by atoms with Crippen LogP contribution >= 0.6 is 0 Å². The molecule has 1 aliphatic heterocycles. The summed E-state index contributed by atoms with van der Waals surface area (Å²) in [4.78, 5) is 28.2. The van der Waals surface area contributed by atoms with E-state index in [-0.39, 0.29) is 17.8 Å². The third-order valence-corrected chi connectivity index (χ3v) is 5.00. The second-order valence-electron chi connectivity index (χ2n) is 8.67. The van der Waals surface area contributed by atoms with Crippen molar-refractivity contribution in [1.29, 1.82) is 0 Å². The van der Waals surface area contributed by atoms with E-state index >= 15 is 0 Å². The van der Waals surface area contributed by atoms with Crippen molar-refractivity contribution < 1.29 is 19.1 Å². The fourth-order valence-corrected chi connectivity index (χ4v) is 3.26. The molecule has 0 aromatic heterocycles. The van der Waals surface area contributed by atoms with Gasteiger partial charge in [0.1, 0.15) is 11.4 Å². The lowest BCUT2D eigenvalue weighted by atomic mass is 10.1. The number of hydrogen-bond donors (Lipinski definition) is 0. The highest BCUT2D eigenvalue weighted by molar-refractivity contribution is 5.99. The molecule has 1 amide bonds. The van der Waals surface area contributed by atoms with Crippen molar-refractivity contribution in [1.82, 2.24) is 9.80 Å². The predicted molar refractivity (Wildman–Crippen MR) is 108 cm³/mol. The van der Waals surface area contributed by atoms with Gasteiger partial charge in [-0.2, -0.15) is 0 Å². The van der Waals surface area contributed by atoms with Crippen LogP contribution in [-0.2, 0) is 4.74 Å². The van der Waals surface area contributed by atoms with E-state index in [1.165, 1.54) is 0 Å². The van der Waals surface area contributed by atoms with Crippen molar-refractivity contribution in [3.63, 3.8) is 0 Å². The van der Waals surface area contributed by atoms with Crippen molar-refractivity contribution in [3.8, 4) is 5.75 Å². The van der Waals surface area contributed by atoms with Crippen LogP contribution in [0.25, 0.3) is 0 Å². The summed E-state index contributed by atoms with van der Waals surface area (Å²) in [5, 5.41) is 0. The fraction of sp³-hybridized carbons (Fsp3) is 0.636. The zero-order chi connectivity index (χ0) is 20.1. The molecule has 2 fully saturated rings. The molecule has 1 aliphatic carbocycles. The Labute approximate surface area is 167 Å². The maximum absolute atomic E-state index is 12.1. The number of benzene rings is 1. The first-order chi connectivity index (χ1) is 13.3. The summed E-state index contributed by atoms with van der Waals surface area (Å²) >= 11 is 0. The van der Waals surface area contributed by atoms with Crippen LogP contribution in [0.3, 0.4) is 0 Å². The first-order valence-corrected chi connectivity index (χ1v) is 10.3. The molecule has 1 saturated heterocycles. The number of ether oxygens (including phenoxy) is 2. The number of amides is 1. The van der Waals surface area contributed by atoms with Gasteiger partial charge >= 0.3 is 6.09 Å². The summed E-state index contributed by atoms with van der Waals surface area (Å²) in [5.41, 5.74) is 0.340. The molecule has 6 heteroatoms. The average Bonchev–Trinajstić information content (AvgIpc) is 3.49. The summed E-state index contributed by atoms with van der Waals surface area (Å²) in [7, 11) is 0. The first kappa shape index (κ1) is 20.6. The Morgan fingerprint density at radius 1 is 1.04 bits per heavy atom. The molecule has 0 atom stereocenters. The van der Waals surface area contributed by atoms with Crippen molar-refractivity contribution in [2.75, 3.05) is 39.3 Å². The van der Waals surface area contributed by atoms with Crippen LogP contribution < -0.4 is 4.74 Å². The fourth-order valence-electron chi connectivity index (χ4n) is 3.26. The molecule has 0 bridgehead atoms. The molecule has 2 aliphatic rings. The lowest BCUT2D eigenvalue weighted by molar-refractivity contribution is 0.0142. The zero-order valence-corrected chi connectivity index (χ0v) is 17.3. The van der Waals surface area contributed by atoms with Gasteiger partial charge < -0.3 is 14.4 Å². The van der Waals surface area contributed by atoms with Gasteiger partial charge in [-0.3, -0.25) is 9.69 Å². The van der Waals surface area contributed by atoms with Crippen molar-refractivity contribution in [3.05, 3.63) is 29.8 Å². The number of rotatable bonds is 7. The molecule has 0 spiro atoms. The largest absolute Gasteiger partial charge is 0.494 e. The smallest absolute Gasteiger partial charge is 0.410 e. The summed E-state index contributed by atoms with van der Waals surface area (Å²) in [6, 6.07) is 7.50. The predicted octanol–water partition coefficient (Wildman–Crippen LogP) is 3.60. The summed E-state index contributed by atoms with van der Waals surface area (Å²) in [5.74, 6) is 1.32. The van der Waals surface area contributed by atoms with E-state index in [0.29, 0.717) is 19.7 Å². The molecule has 0 N–H and O–H groups in total. The Balaban J connectivity index is 1.31. The topological polar surface area (TPSA) is 59.1 Å². The third kappa shape index (κ3) is 6.23. The van der Waals surface area contributed by atoms with Crippen LogP contribution in [0.15, 0.2) is 24.3 Å². The highest BCUT2D eigenvalue weighted by Crippen LogP contribution is 2.32. The molecule has 1 aromatic rings. The van der Waals surface area contributed by atoms with Crippen LogP contribution in [0, 0.1) is 5.92 Å². The van der Waals surface area contributed by atoms with Gasteiger partial charge in [0.05, 0.1) is 6.61 Å². The second-order valence-corrected chi connectivity index (χ2v) is 8.67. The quantitative estimate of drug-likeness (QED) is 0.528. The summed E-state index contributed by atoms with van der Waals surface area (Å²) in [6.45, 7) is 10.4. The Bertz CT molecular complexity index is 669.